The van der Waals surface area contributed by atoms with Gasteiger partial charge in [0.1, 0.15) is 0 Å². The minimum atomic E-state index is 0.195. The van der Waals surface area contributed by atoms with Crippen LogP contribution in [0.1, 0.15) is 30.5 Å². The maximum Gasteiger partial charge on any atom is 0.0897 e. The van der Waals surface area contributed by atoms with Crippen molar-refractivity contribution < 1.29 is 5.11 Å². The molecule has 0 aliphatic heterocycles. The largest absolute Gasteiger partial charge is 0.396 e. The summed E-state index contributed by atoms with van der Waals surface area (Å²) in [6.07, 6.45) is 0. The average molecular weight is 185 g/mol. The van der Waals surface area contributed by atoms with E-state index in [1.54, 1.807) is 11.3 Å². The first kappa shape index (κ1) is 9.68. The smallest absolute Gasteiger partial charge is 0.0897 e. The first-order valence-electron chi connectivity index (χ1n) is 4.18. The number of aromatic nitrogens is 1. The summed E-state index contributed by atoms with van der Waals surface area (Å²) in [7, 11) is 0. The van der Waals surface area contributed by atoms with Gasteiger partial charge in [0, 0.05) is 11.3 Å². The van der Waals surface area contributed by atoms with Gasteiger partial charge < -0.3 is 5.11 Å². The van der Waals surface area contributed by atoms with E-state index < -0.39 is 0 Å². The van der Waals surface area contributed by atoms with E-state index in [-0.39, 0.29) is 12.5 Å². The molecule has 68 valence electrons. The van der Waals surface area contributed by atoms with Crippen molar-refractivity contribution >= 4 is 11.3 Å². The van der Waals surface area contributed by atoms with E-state index in [2.05, 4.69) is 18.8 Å². The summed E-state index contributed by atoms with van der Waals surface area (Å²) in [6.45, 7) is 6.40. The highest BCUT2D eigenvalue weighted by molar-refractivity contribution is 7.09. The molecule has 3 heteroatoms. The number of aliphatic hydroxyl groups excluding tert-OH is 1. The van der Waals surface area contributed by atoms with Crippen LogP contribution in [0.25, 0.3) is 0 Å². The molecule has 0 fully saturated rings. The van der Waals surface area contributed by atoms with Gasteiger partial charge in [0.25, 0.3) is 0 Å². The lowest BCUT2D eigenvalue weighted by Crippen LogP contribution is -2.11. The average Bonchev–Trinajstić information content (AvgIpc) is 2.37. The van der Waals surface area contributed by atoms with Crippen molar-refractivity contribution in [1.82, 2.24) is 4.98 Å². The third kappa shape index (κ3) is 2.05. The highest BCUT2D eigenvalue weighted by atomic mass is 32.1. The molecule has 1 heterocycles. The van der Waals surface area contributed by atoms with Crippen molar-refractivity contribution in [2.24, 2.45) is 5.92 Å². The van der Waals surface area contributed by atoms with Gasteiger partial charge in [-0.25, -0.2) is 4.98 Å². The Morgan fingerprint density at radius 2 is 2.25 bits per heavy atom. The number of thiazole rings is 1. The van der Waals surface area contributed by atoms with E-state index in [0.717, 1.165) is 10.7 Å². The first-order chi connectivity index (χ1) is 5.65. The minimum Gasteiger partial charge on any atom is -0.396 e. The molecule has 1 unspecified atom stereocenters. The van der Waals surface area contributed by atoms with Gasteiger partial charge in [0.2, 0.25) is 0 Å². The summed E-state index contributed by atoms with van der Waals surface area (Å²) in [5.74, 6) is 0.659. The molecule has 0 spiro atoms. The fourth-order valence-corrected chi connectivity index (χ4v) is 1.87. The highest BCUT2D eigenvalue weighted by Gasteiger charge is 2.16. The lowest BCUT2D eigenvalue weighted by atomic mass is 9.94. The van der Waals surface area contributed by atoms with E-state index in [0.29, 0.717) is 5.92 Å². The van der Waals surface area contributed by atoms with Crippen LogP contribution in [0.5, 0.6) is 0 Å². The second-order valence-electron chi connectivity index (χ2n) is 3.32. The molecule has 2 nitrogen and oxygen atoms in total. The summed E-state index contributed by atoms with van der Waals surface area (Å²) in [6, 6.07) is 0. The molecule has 0 aliphatic rings. The summed E-state index contributed by atoms with van der Waals surface area (Å²) in [4.78, 5) is 4.36. The normalized spacial score (nSPS) is 13.8. The Kier molecular flexibility index (Phi) is 3.23. The number of hydrogen-bond donors (Lipinski definition) is 1. The summed E-state index contributed by atoms with van der Waals surface area (Å²) < 4.78 is 0. The van der Waals surface area contributed by atoms with Crippen molar-refractivity contribution in [3.63, 3.8) is 0 Å². The van der Waals surface area contributed by atoms with E-state index in [4.69, 9.17) is 5.11 Å². The molecule has 1 rings (SSSR count). The molecule has 0 saturated carbocycles. The van der Waals surface area contributed by atoms with E-state index in [1.807, 2.05) is 12.3 Å². The lowest BCUT2D eigenvalue weighted by Gasteiger charge is -2.15. The van der Waals surface area contributed by atoms with Crippen molar-refractivity contribution in [2.45, 2.75) is 26.7 Å². The van der Waals surface area contributed by atoms with Crippen LogP contribution in [-0.4, -0.2) is 16.7 Å². The molecular formula is C9H15NOS. The van der Waals surface area contributed by atoms with Crippen molar-refractivity contribution in [3.05, 3.63) is 16.1 Å². The molecule has 0 aromatic carbocycles. The van der Waals surface area contributed by atoms with Gasteiger partial charge >= 0.3 is 0 Å². The zero-order valence-electron chi connectivity index (χ0n) is 7.74. The van der Waals surface area contributed by atoms with E-state index in [1.165, 1.54) is 0 Å². The molecule has 1 N–H and O–H groups in total. The van der Waals surface area contributed by atoms with Crippen LogP contribution in [0.3, 0.4) is 0 Å². The molecule has 1 atom stereocenters. The first-order valence-corrected chi connectivity index (χ1v) is 5.06. The lowest BCUT2D eigenvalue weighted by molar-refractivity contribution is 0.235. The Bertz CT molecular complexity index is 244. The molecule has 0 saturated heterocycles. The van der Waals surface area contributed by atoms with Crippen molar-refractivity contribution in [2.75, 3.05) is 6.61 Å². The zero-order chi connectivity index (χ0) is 9.14. The molecule has 0 radical (unpaired) electrons. The monoisotopic (exact) mass is 185 g/mol. The molecule has 0 amide bonds. The van der Waals surface area contributed by atoms with Crippen LogP contribution in [0.15, 0.2) is 5.38 Å². The van der Waals surface area contributed by atoms with Crippen molar-refractivity contribution in [3.8, 4) is 0 Å². The Morgan fingerprint density at radius 3 is 2.58 bits per heavy atom. The molecule has 0 bridgehead atoms. The Morgan fingerprint density at radius 1 is 1.58 bits per heavy atom. The third-order valence-electron chi connectivity index (χ3n) is 2.02. The highest BCUT2D eigenvalue weighted by Crippen LogP contribution is 2.24. The molecule has 1 aromatic heterocycles. The fraction of sp³-hybridized carbons (Fsp3) is 0.667. The predicted molar refractivity (Wildman–Crippen MR) is 51.5 cm³/mol. The topological polar surface area (TPSA) is 33.1 Å². The Balaban J connectivity index is 2.80. The van der Waals surface area contributed by atoms with E-state index in [9.17, 15) is 0 Å². The maximum absolute atomic E-state index is 9.12. The molecule has 12 heavy (non-hydrogen) atoms. The fourth-order valence-electron chi connectivity index (χ4n) is 1.20. The minimum absolute atomic E-state index is 0.195. The number of hydrogen-bond acceptors (Lipinski definition) is 3. The number of aryl methyl sites for hydroxylation is 1. The number of rotatable bonds is 3. The number of aliphatic hydroxyl groups is 1. The maximum atomic E-state index is 9.12. The van der Waals surface area contributed by atoms with Crippen LogP contribution in [-0.2, 0) is 0 Å². The zero-order valence-corrected chi connectivity index (χ0v) is 8.56. The van der Waals surface area contributed by atoms with Crippen LogP contribution in [0, 0.1) is 12.8 Å². The molecular weight excluding hydrogens is 170 g/mol. The molecule has 0 aliphatic carbocycles. The third-order valence-corrected chi connectivity index (χ3v) is 2.81. The van der Waals surface area contributed by atoms with Gasteiger partial charge in [-0.2, -0.15) is 0 Å². The van der Waals surface area contributed by atoms with Gasteiger partial charge in [0.15, 0.2) is 0 Å². The summed E-state index contributed by atoms with van der Waals surface area (Å²) in [5.41, 5.74) is 1.04. The van der Waals surface area contributed by atoms with Gasteiger partial charge in [-0.3, -0.25) is 0 Å². The SMILES string of the molecule is Cc1nc(C(CO)C(C)C)cs1. The van der Waals surface area contributed by atoms with Crippen molar-refractivity contribution in [1.29, 1.82) is 0 Å². The van der Waals surface area contributed by atoms with E-state index >= 15 is 0 Å². The van der Waals surface area contributed by atoms with Crippen LogP contribution >= 0.6 is 11.3 Å². The number of nitrogens with zero attached hydrogens (tertiary/aromatic N) is 1. The summed E-state index contributed by atoms with van der Waals surface area (Å²) >= 11 is 1.64. The Labute approximate surface area is 77.3 Å². The quantitative estimate of drug-likeness (QED) is 0.783. The van der Waals surface area contributed by atoms with Crippen LogP contribution in [0.2, 0.25) is 0 Å². The van der Waals surface area contributed by atoms with Gasteiger partial charge in [0.05, 0.1) is 17.3 Å². The second-order valence-corrected chi connectivity index (χ2v) is 4.39. The van der Waals surface area contributed by atoms with Crippen LogP contribution < -0.4 is 0 Å². The molecule has 1 aromatic rings. The second kappa shape index (κ2) is 4.01. The predicted octanol–water partition coefficient (Wildman–Crippen LogP) is 2.18. The van der Waals surface area contributed by atoms with Gasteiger partial charge in [-0.15, -0.1) is 11.3 Å². The van der Waals surface area contributed by atoms with Gasteiger partial charge in [-0.05, 0) is 12.8 Å². The standard InChI is InChI=1S/C9H15NOS/c1-6(2)8(4-11)9-5-12-7(3)10-9/h5-6,8,11H,4H2,1-3H3. The van der Waals surface area contributed by atoms with Gasteiger partial charge in [-0.1, -0.05) is 13.8 Å². The summed E-state index contributed by atoms with van der Waals surface area (Å²) in [5, 5.41) is 12.2. The Hall–Kier alpha value is -0.410. The van der Waals surface area contributed by atoms with Crippen LogP contribution in [0.4, 0.5) is 0 Å².